The zero-order valence-electron chi connectivity index (χ0n) is 15.1. The topological polar surface area (TPSA) is 76.1 Å². The fourth-order valence-corrected chi connectivity index (χ4v) is 2.57. The van der Waals surface area contributed by atoms with Gasteiger partial charge in [0, 0.05) is 32.1 Å². The van der Waals surface area contributed by atoms with E-state index in [9.17, 15) is 4.79 Å². The van der Waals surface area contributed by atoms with Crippen LogP contribution >= 0.6 is 0 Å². The summed E-state index contributed by atoms with van der Waals surface area (Å²) in [5, 5.41) is 6.13. The van der Waals surface area contributed by atoms with E-state index in [2.05, 4.69) is 52.6 Å². The minimum atomic E-state index is -0.207. The number of aromatic nitrogens is 2. The van der Waals surface area contributed by atoms with Gasteiger partial charge in [0.1, 0.15) is 5.69 Å². The molecule has 25 heavy (non-hydrogen) atoms. The highest BCUT2D eigenvalue weighted by Gasteiger charge is 2.11. The van der Waals surface area contributed by atoms with Crippen LogP contribution < -0.4 is 10.6 Å². The van der Waals surface area contributed by atoms with Gasteiger partial charge in [0.05, 0.1) is 0 Å². The Labute approximate surface area is 149 Å². The Morgan fingerprint density at radius 2 is 1.88 bits per heavy atom. The molecule has 0 aliphatic rings. The second-order valence-electron chi connectivity index (χ2n) is 5.65. The third-order valence-electron chi connectivity index (χ3n) is 3.93. The van der Waals surface area contributed by atoms with Crippen LogP contribution in [0.15, 0.2) is 30.5 Å². The van der Waals surface area contributed by atoms with E-state index >= 15 is 0 Å². The predicted molar refractivity (Wildman–Crippen MR) is 99.3 cm³/mol. The summed E-state index contributed by atoms with van der Waals surface area (Å²) in [6, 6.07) is 7.86. The van der Waals surface area contributed by atoms with E-state index in [1.165, 1.54) is 11.1 Å². The molecule has 0 spiro atoms. The third-order valence-corrected chi connectivity index (χ3v) is 3.93. The van der Waals surface area contributed by atoms with Crippen LogP contribution in [0.2, 0.25) is 0 Å². The fraction of sp³-hybridized carbons (Fsp3) is 0.421. The summed E-state index contributed by atoms with van der Waals surface area (Å²) in [7, 11) is 1.64. The smallest absolute Gasteiger partial charge is 0.270 e. The predicted octanol–water partition coefficient (Wildman–Crippen LogP) is 3.11. The molecule has 0 unspecified atom stereocenters. The molecule has 1 amide bonds. The standard InChI is InChI=1S/C19H26N4O2/c1-4-14-8-6-9-15(5-2)17(14)23-19-21-12-10-16(22-19)18(24)20-11-7-13-25-3/h6,8-10,12H,4-5,7,11,13H2,1-3H3,(H,20,24)(H,21,22,23). The molecule has 1 aromatic heterocycles. The number of hydrogen-bond acceptors (Lipinski definition) is 5. The number of methoxy groups -OCH3 is 1. The van der Waals surface area contributed by atoms with Crippen LogP contribution in [0, 0.1) is 0 Å². The molecule has 6 nitrogen and oxygen atoms in total. The van der Waals surface area contributed by atoms with E-state index in [1.54, 1.807) is 19.4 Å². The molecular formula is C19H26N4O2. The highest BCUT2D eigenvalue weighted by molar-refractivity contribution is 5.92. The van der Waals surface area contributed by atoms with Gasteiger partial charge in [-0.05, 0) is 36.5 Å². The lowest BCUT2D eigenvalue weighted by Gasteiger charge is -2.14. The quantitative estimate of drug-likeness (QED) is 0.685. The van der Waals surface area contributed by atoms with E-state index in [4.69, 9.17) is 4.74 Å². The molecule has 0 radical (unpaired) electrons. The lowest BCUT2D eigenvalue weighted by atomic mass is 10.0. The van der Waals surface area contributed by atoms with Crippen molar-refractivity contribution >= 4 is 17.5 Å². The van der Waals surface area contributed by atoms with Crippen molar-refractivity contribution in [3.63, 3.8) is 0 Å². The van der Waals surface area contributed by atoms with Gasteiger partial charge in [-0.3, -0.25) is 4.79 Å². The molecule has 6 heteroatoms. The van der Waals surface area contributed by atoms with Crippen molar-refractivity contribution in [2.45, 2.75) is 33.1 Å². The number of para-hydroxylation sites is 1. The first-order valence-corrected chi connectivity index (χ1v) is 8.67. The van der Waals surface area contributed by atoms with Crippen LogP contribution in [-0.4, -0.2) is 36.1 Å². The number of benzene rings is 1. The molecule has 2 rings (SSSR count). The Balaban J connectivity index is 2.13. The number of nitrogens with zero attached hydrogens (tertiary/aromatic N) is 2. The monoisotopic (exact) mass is 342 g/mol. The number of nitrogens with one attached hydrogen (secondary N) is 2. The first-order chi connectivity index (χ1) is 12.2. The lowest BCUT2D eigenvalue weighted by molar-refractivity contribution is 0.0943. The minimum Gasteiger partial charge on any atom is -0.385 e. The number of amides is 1. The van der Waals surface area contributed by atoms with E-state index in [-0.39, 0.29) is 5.91 Å². The van der Waals surface area contributed by atoms with Crippen molar-refractivity contribution in [3.8, 4) is 0 Å². The van der Waals surface area contributed by atoms with Crippen LogP contribution in [-0.2, 0) is 17.6 Å². The fourth-order valence-electron chi connectivity index (χ4n) is 2.57. The lowest BCUT2D eigenvalue weighted by Crippen LogP contribution is -2.26. The molecule has 0 bridgehead atoms. The van der Waals surface area contributed by atoms with E-state index in [1.807, 2.05) is 0 Å². The van der Waals surface area contributed by atoms with Crippen molar-refractivity contribution in [2.75, 3.05) is 25.6 Å². The summed E-state index contributed by atoms with van der Waals surface area (Å²) in [4.78, 5) is 20.8. The third kappa shape index (κ3) is 5.26. The minimum absolute atomic E-state index is 0.207. The molecule has 1 heterocycles. The van der Waals surface area contributed by atoms with E-state index in [0.29, 0.717) is 24.8 Å². The van der Waals surface area contributed by atoms with Crippen molar-refractivity contribution < 1.29 is 9.53 Å². The Bertz CT molecular complexity index is 681. The summed E-state index contributed by atoms with van der Waals surface area (Å²) < 4.78 is 4.97. The number of hydrogen-bond donors (Lipinski definition) is 2. The van der Waals surface area contributed by atoms with Crippen LogP contribution in [0.4, 0.5) is 11.6 Å². The van der Waals surface area contributed by atoms with Crippen molar-refractivity contribution in [2.24, 2.45) is 0 Å². The molecule has 0 saturated heterocycles. The second-order valence-corrected chi connectivity index (χ2v) is 5.65. The summed E-state index contributed by atoms with van der Waals surface area (Å²) in [5.41, 5.74) is 3.79. The molecule has 0 fully saturated rings. The Kier molecular flexibility index (Phi) is 7.35. The molecule has 1 aromatic carbocycles. The summed E-state index contributed by atoms with van der Waals surface area (Å²) in [5.74, 6) is 0.223. The average molecular weight is 342 g/mol. The van der Waals surface area contributed by atoms with Crippen molar-refractivity contribution in [1.29, 1.82) is 0 Å². The molecule has 134 valence electrons. The number of carbonyl (C=O) groups excluding carboxylic acids is 1. The first kappa shape index (κ1) is 18.9. The van der Waals surface area contributed by atoms with Gasteiger partial charge in [0.25, 0.3) is 5.91 Å². The molecule has 2 aromatic rings. The molecule has 0 saturated carbocycles. The molecule has 0 aliphatic heterocycles. The number of carbonyl (C=O) groups is 1. The highest BCUT2D eigenvalue weighted by atomic mass is 16.5. The van der Waals surface area contributed by atoms with E-state index in [0.717, 1.165) is 24.9 Å². The van der Waals surface area contributed by atoms with Crippen LogP contribution in [0.5, 0.6) is 0 Å². The average Bonchev–Trinajstić information content (AvgIpc) is 2.65. The number of aryl methyl sites for hydroxylation is 2. The maximum absolute atomic E-state index is 12.2. The van der Waals surface area contributed by atoms with Gasteiger partial charge in [-0.15, -0.1) is 0 Å². The highest BCUT2D eigenvalue weighted by Crippen LogP contribution is 2.25. The molecule has 0 aliphatic carbocycles. The van der Waals surface area contributed by atoms with Gasteiger partial charge in [-0.25, -0.2) is 9.97 Å². The number of rotatable bonds is 9. The van der Waals surface area contributed by atoms with E-state index < -0.39 is 0 Å². The van der Waals surface area contributed by atoms with Gasteiger partial charge in [0.2, 0.25) is 5.95 Å². The van der Waals surface area contributed by atoms with Gasteiger partial charge in [-0.1, -0.05) is 32.0 Å². The van der Waals surface area contributed by atoms with Gasteiger partial charge < -0.3 is 15.4 Å². The zero-order chi connectivity index (χ0) is 18.1. The van der Waals surface area contributed by atoms with Crippen LogP contribution in [0.1, 0.15) is 41.9 Å². The molecular weight excluding hydrogens is 316 g/mol. The zero-order valence-corrected chi connectivity index (χ0v) is 15.1. The van der Waals surface area contributed by atoms with Crippen molar-refractivity contribution in [3.05, 3.63) is 47.3 Å². The summed E-state index contributed by atoms with van der Waals surface area (Å²) in [6.45, 7) is 5.40. The van der Waals surface area contributed by atoms with Crippen LogP contribution in [0.25, 0.3) is 0 Å². The molecule has 0 atom stereocenters. The van der Waals surface area contributed by atoms with Gasteiger partial charge in [0.15, 0.2) is 0 Å². The molecule has 2 N–H and O–H groups in total. The van der Waals surface area contributed by atoms with Crippen molar-refractivity contribution in [1.82, 2.24) is 15.3 Å². The van der Waals surface area contributed by atoms with Gasteiger partial charge >= 0.3 is 0 Å². The summed E-state index contributed by atoms with van der Waals surface area (Å²) in [6.07, 6.45) is 4.19. The Morgan fingerprint density at radius 1 is 1.16 bits per heavy atom. The first-order valence-electron chi connectivity index (χ1n) is 8.67. The maximum Gasteiger partial charge on any atom is 0.270 e. The number of ether oxygens (including phenoxy) is 1. The largest absolute Gasteiger partial charge is 0.385 e. The Morgan fingerprint density at radius 3 is 2.52 bits per heavy atom. The summed E-state index contributed by atoms with van der Waals surface area (Å²) >= 11 is 0. The normalized spacial score (nSPS) is 10.5. The Hall–Kier alpha value is -2.47. The number of anilines is 2. The maximum atomic E-state index is 12.2. The second kappa shape index (κ2) is 9.74. The van der Waals surface area contributed by atoms with Crippen LogP contribution in [0.3, 0.4) is 0 Å². The SMILES string of the molecule is CCc1cccc(CC)c1Nc1nccc(C(=O)NCCCOC)n1. The van der Waals surface area contributed by atoms with Gasteiger partial charge in [-0.2, -0.15) is 0 Å².